The summed E-state index contributed by atoms with van der Waals surface area (Å²) in [6.07, 6.45) is 13.0. The van der Waals surface area contributed by atoms with Crippen molar-refractivity contribution in [3.05, 3.63) is 76.0 Å². The fourth-order valence-corrected chi connectivity index (χ4v) is 3.63. The average molecular weight is 338 g/mol. The molecule has 2 aliphatic rings. The van der Waals surface area contributed by atoms with Gasteiger partial charge in [0, 0.05) is 17.4 Å². The lowest BCUT2D eigenvalue weighted by Crippen LogP contribution is -2.09. The molecule has 1 aromatic carbocycles. The predicted octanol–water partition coefficient (Wildman–Crippen LogP) is 6.63. The minimum absolute atomic E-state index is 0.475. The zero-order valence-electron chi connectivity index (χ0n) is 14.6. The van der Waals surface area contributed by atoms with E-state index < -0.39 is 0 Å². The standard InChI is InChI=1S/C22H24ClN/c1-15-12-17(3)22-10-4-16(2)21(11-7-19(22)14-24-13-15)18-5-8-20(23)9-6-18/h5-11,13-14,16-17H,4,12H2,1-3H3/b15-13+,19-7-,21-11+,22-10+,24-14-. The Morgan fingerprint density at radius 3 is 2.50 bits per heavy atom. The molecule has 2 heteroatoms. The third-order valence-corrected chi connectivity index (χ3v) is 5.10. The second-order valence-electron chi connectivity index (χ2n) is 6.91. The van der Waals surface area contributed by atoms with E-state index in [2.05, 4.69) is 56.1 Å². The van der Waals surface area contributed by atoms with Crippen LogP contribution in [0.25, 0.3) is 5.57 Å². The smallest absolute Gasteiger partial charge is 0.0406 e. The normalized spacial score (nSPS) is 34.3. The van der Waals surface area contributed by atoms with Crippen molar-refractivity contribution in [3.8, 4) is 0 Å². The third-order valence-electron chi connectivity index (χ3n) is 4.84. The Kier molecular flexibility index (Phi) is 5.20. The van der Waals surface area contributed by atoms with Crippen molar-refractivity contribution >= 4 is 23.4 Å². The van der Waals surface area contributed by atoms with Crippen molar-refractivity contribution in [1.29, 1.82) is 0 Å². The summed E-state index contributed by atoms with van der Waals surface area (Å²) < 4.78 is 0. The van der Waals surface area contributed by atoms with Gasteiger partial charge in [-0.05, 0) is 66.0 Å². The first-order valence-electron chi connectivity index (χ1n) is 8.61. The van der Waals surface area contributed by atoms with Crippen LogP contribution in [0.4, 0.5) is 0 Å². The lowest BCUT2D eigenvalue weighted by Gasteiger charge is -2.23. The zero-order valence-corrected chi connectivity index (χ0v) is 15.3. The number of halogens is 1. The number of hydrogen-bond acceptors (Lipinski definition) is 1. The van der Waals surface area contributed by atoms with Crippen LogP contribution in [-0.2, 0) is 0 Å². The highest BCUT2D eigenvalue weighted by Crippen LogP contribution is 2.34. The van der Waals surface area contributed by atoms with Gasteiger partial charge in [-0.15, -0.1) is 0 Å². The molecule has 0 aromatic heterocycles. The van der Waals surface area contributed by atoms with Gasteiger partial charge in [0.15, 0.2) is 0 Å². The number of nitrogens with zero attached hydrogens (tertiary/aromatic N) is 1. The molecule has 1 nitrogen and oxygen atoms in total. The van der Waals surface area contributed by atoms with Gasteiger partial charge in [-0.1, -0.05) is 61.4 Å². The Balaban J connectivity index is 2.03. The highest BCUT2D eigenvalue weighted by atomic mass is 35.5. The van der Waals surface area contributed by atoms with E-state index in [4.69, 9.17) is 11.6 Å². The summed E-state index contributed by atoms with van der Waals surface area (Å²) in [7, 11) is 0. The van der Waals surface area contributed by atoms with Crippen LogP contribution in [0.1, 0.15) is 39.2 Å². The van der Waals surface area contributed by atoms with Gasteiger partial charge in [0.1, 0.15) is 0 Å². The summed E-state index contributed by atoms with van der Waals surface area (Å²) in [5.41, 5.74) is 6.58. The SMILES string of the molecule is C/C1=C\N=C/C2=C/C=C(/c3ccc(Cl)cc3)C(C)C\C=C\2C(C)C1. The second-order valence-corrected chi connectivity index (χ2v) is 7.34. The number of aliphatic imine (C=N–C) groups is 1. The molecular weight excluding hydrogens is 314 g/mol. The fourth-order valence-electron chi connectivity index (χ4n) is 3.51. The first-order chi connectivity index (χ1) is 11.5. The van der Waals surface area contributed by atoms with Crippen LogP contribution < -0.4 is 0 Å². The lowest BCUT2D eigenvalue weighted by molar-refractivity contribution is 0.666. The summed E-state index contributed by atoms with van der Waals surface area (Å²) >= 11 is 6.03. The maximum Gasteiger partial charge on any atom is 0.0406 e. The molecule has 0 amide bonds. The Hall–Kier alpha value is -1.86. The topological polar surface area (TPSA) is 12.4 Å². The van der Waals surface area contributed by atoms with Gasteiger partial charge in [-0.3, -0.25) is 4.99 Å². The quantitative estimate of drug-likeness (QED) is 0.545. The van der Waals surface area contributed by atoms with E-state index in [1.54, 1.807) is 0 Å². The van der Waals surface area contributed by atoms with Crippen LogP contribution in [0, 0.1) is 11.8 Å². The first-order valence-corrected chi connectivity index (χ1v) is 8.99. The van der Waals surface area contributed by atoms with E-state index in [1.165, 1.54) is 27.9 Å². The van der Waals surface area contributed by atoms with Crippen LogP contribution in [0.2, 0.25) is 5.02 Å². The maximum absolute atomic E-state index is 6.03. The molecule has 3 rings (SSSR count). The highest BCUT2D eigenvalue weighted by molar-refractivity contribution is 6.30. The zero-order chi connectivity index (χ0) is 17.1. The van der Waals surface area contributed by atoms with Gasteiger partial charge in [0.2, 0.25) is 0 Å². The van der Waals surface area contributed by atoms with Crippen molar-refractivity contribution in [1.82, 2.24) is 0 Å². The summed E-state index contributed by atoms with van der Waals surface area (Å²) in [5.74, 6) is 1.000. The second kappa shape index (κ2) is 7.36. The molecule has 2 atom stereocenters. The van der Waals surface area contributed by atoms with Gasteiger partial charge in [-0.25, -0.2) is 0 Å². The predicted molar refractivity (Wildman–Crippen MR) is 105 cm³/mol. The Morgan fingerprint density at radius 2 is 1.75 bits per heavy atom. The Bertz CT molecular complexity index is 760. The Morgan fingerprint density at radius 1 is 1.00 bits per heavy atom. The molecule has 1 heterocycles. The molecule has 0 saturated carbocycles. The maximum atomic E-state index is 6.03. The molecule has 0 saturated heterocycles. The van der Waals surface area contributed by atoms with Crippen LogP contribution in [0.3, 0.4) is 0 Å². The van der Waals surface area contributed by atoms with Crippen molar-refractivity contribution < 1.29 is 0 Å². The third kappa shape index (κ3) is 3.79. The van der Waals surface area contributed by atoms with Crippen molar-refractivity contribution in [2.75, 3.05) is 0 Å². The summed E-state index contributed by atoms with van der Waals surface area (Å²) in [6.45, 7) is 6.77. The van der Waals surface area contributed by atoms with Crippen molar-refractivity contribution in [2.24, 2.45) is 16.8 Å². The lowest BCUT2D eigenvalue weighted by atomic mass is 9.82. The van der Waals surface area contributed by atoms with Crippen LogP contribution in [-0.4, -0.2) is 6.21 Å². The molecule has 1 aliphatic heterocycles. The minimum atomic E-state index is 0.475. The van der Waals surface area contributed by atoms with Gasteiger partial charge in [0.05, 0.1) is 0 Å². The minimum Gasteiger partial charge on any atom is -0.264 e. The van der Waals surface area contributed by atoms with E-state index in [-0.39, 0.29) is 0 Å². The Labute approximate surface area is 150 Å². The molecule has 24 heavy (non-hydrogen) atoms. The molecular formula is C22H24ClN. The molecule has 0 radical (unpaired) electrons. The number of allylic oxidation sites excluding steroid dienone is 7. The van der Waals surface area contributed by atoms with Gasteiger partial charge in [0.25, 0.3) is 0 Å². The van der Waals surface area contributed by atoms with Crippen LogP contribution in [0.15, 0.2) is 70.4 Å². The first kappa shape index (κ1) is 17.0. The van der Waals surface area contributed by atoms with E-state index in [1.807, 2.05) is 24.5 Å². The van der Waals surface area contributed by atoms with Gasteiger partial charge >= 0.3 is 0 Å². The molecule has 0 spiro atoms. The molecule has 1 aromatic rings. The molecule has 0 fully saturated rings. The van der Waals surface area contributed by atoms with Crippen LogP contribution in [0.5, 0.6) is 0 Å². The van der Waals surface area contributed by atoms with E-state index in [0.29, 0.717) is 11.8 Å². The molecule has 124 valence electrons. The molecule has 1 aliphatic carbocycles. The number of fused-ring (bicyclic) bond motifs is 1. The number of rotatable bonds is 1. The van der Waals surface area contributed by atoms with Crippen molar-refractivity contribution in [2.45, 2.75) is 33.6 Å². The van der Waals surface area contributed by atoms with Crippen molar-refractivity contribution in [3.63, 3.8) is 0 Å². The number of hydrogen-bond donors (Lipinski definition) is 0. The fraction of sp³-hybridized carbons (Fsp3) is 0.318. The van der Waals surface area contributed by atoms with E-state index >= 15 is 0 Å². The molecule has 2 unspecified atom stereocenters. The summed E-state index contributed by atoms with van der Waals surface area (Å²) in [5, 5.41) is 0.779. The average Bonchev–Trinajstić information content (AvgIpc) is 2.53. The highest BCUT2D eigenvalue weighted by Gasteiger charge is 2.18. The summed E-state index contributed by atoms with van der Waals surface area (Å²) in [6, 6.07) is 8.14. The van der Waals surface area contributed by atoms with Gasteiger partial charge in [-0.2, -0.15) is 0 Å². The van der Waals surface area contributed by atoms with E-state index in [9.17, 15) is 0 Å². The van der Waals surface area contributed by atoms with Gasteiger partial charge < -0.3 is 0 Å². The molecule has 0 N–H and O–H groups in total. The largest absolute Gasteiger partial charge is 0.264 e. The number of benzene rings is 1. The molecule has 0 bridgehead atoms. The van der Waals surface area contributed by atoms with Crippen LogP contribution >= 0.6 is 11.6 Å². The van der Waals surface area contributed by atoms with E-state index in [0.717, 1.165) is 17.9 Å². The summed E-state index contributed by atoms with van der Waals surface area (Å²) in [4.78, 5) is 4.49. The monoisotopic (exact) mass is 337 g/mol.